The summed E-state index contributed by atoms with van der Waals surface area (Å²) in [4.78, 5) is 10.2. The number of nitro groups is 1. The normalized spacial score (nSPS) is 17.3. The Morgan fingerprint density at radius 1 is 1.48 bits per heavy atom. The maximum Gasteiger partial charge on any atom is 0.274 e. The lowest BCUT2D eigenvalue weighted by Gasteiger charge is -2.24. The van der Waals surface area contributed by atoms with Crippen LogP contribution in [0, 0.1) is 15.9 Å². The zero-order valence-electron chi connectivity index (χ0n) is 11.5. The monoisotopic (exact) mass is 290 g/mol. The zero-order chi connectivity index (χ0) is 15.0. The number of rotatable bonds is 3. The Morgan fingerprint density at radius 3 is 3.05 bits per heavy atom. The van der Waals surface area contributed by atoms with E-state index in [1.165, 1.54) is 12.1 Å². The van der Waals surface area contributed by atoms with Crippen LogP contribution < -0.4 is 5.32 Å². The van der Waals surface area contributed by atoms with Crippen molar-refractivity contribution in [3.63, 3.8) is 0 Å². The molecule has 1 aromatic heterocycles. The van der Waals surface area contributed by atoms with E-state index in [-0.39, 0.29) is 11.7 Å². The van der Waals surface area contributed by atoms with E-state index in [0.717, 1.165) is 36.6 Å². The van der Waals surface area contributed by atoms with Gasteiger partial charge in [-0.05, 0) is 25.3 Å². The summed E-state index contributed by atoms with van der Waals surface area (Å²) in [6, 6.07) is 3.55. The quantitative estimate of drug-likeness (QED) is 0.696. The molecule has 6 nitrogen and oxygen atoms in total. The van der Waals surface area contributed by atoms with Gasteiger partial charge in [-0.2, -0.15) is 5.10 Å². The Hall–Kier alpha value is -2.44. The molecular weight excluding hydrogens is 275 g/mol. The van der Waals surface area contributed by atoms with Crippen LogP contribution in [0.3, 0.4) is 0 Å². The minimum Gasteiger partial charge on any atom is -0.378 e. The highest BCUT2D eigenvalue weighted by Crippen LogP contribution is 2.33. The second-order valence-corrected chi connectivity index (χ2v) is 5.21. The maximum atomic E-state index is 13.5. The van der Waals surface area contributed by atoms with E-state index in [1.807, 2.05) is 11.7 Å². The molecule has 0 fully saturated rings. The minimum absolute atomic E-state index is 0.00357. The van der Waals surface area contributed by atoms with Gasteiger partial charge in [-0.1, -0.05) is 0 Å². The number of aromatic nitrogens is 2. The van der Waals surface area contributed by atoms with Crippen LogP contribution in [0.2, 0.25) is 0 Å². The van der Waals surface area contributed by atoms with Crippen LogP contribution in [0.5, 0.6) is 0 Å². The summed E-state index contributed by atoms with van der Waals surface area (Å²) >= 11 is 0. The van der Waals surface area contributed by atoms with Crippen LogP contribution in [0.25, 0.3) is 0 Å². The first kappa shape index (κ1) is 13.5. The average Bonchev–Trinajstić information content (AvgIpc) is 2.81. The molecule has 0 saturated heterocycles. The predicted molar refractivity (Wildman–Crippen MR) is 75.6 cm³/mol. The molecule has 1 aromatic carbocycles. The summed E-state index contributed by atoms with van der Waals surface area (Å²) in [7, 11) is 1.90. The van der Waals surface area contributed by atoms with Gasteiger partial charge in [0, 0.05) is 30.1 Å². The molecule has 1 N–H and O–H groups in total. The van der Waals surface area contributed by atoms with Gasteiger partial charge in [-0.15, -0.1) is 0 Å². The molecule has 7 heteroatoms. The number of benzene rings is 1. The number of nitro benzene ring substituents is 1. The van der Waals surface area contributed by atoms with Crippen molar-refractivity contribution in [2.45, 2.75) is 25.3 Å². The predicted octanol–water partition coefficient (Wildman–Crippen LogP) is 2.96. The summed E-state index contributed by atoms with van der Waals surface area (Å²) < 4.78 is 15.3. The van der Waals surface area contributed by atoms with E-state index in [4.69, 9.17) is 0 Å². The van der Waals surface area contributed by atoms with Crippen molar-refractivity contribution in [3.05, 3.63) is 51.6 Å². The smallest absolute Gasteiger partial charge is 0.274 e. The van der Waals surface area contributed by atoms with Crippen LogP contribution in [-0.4, -0.2) is 14.7 Å². The summed E-state index contributed by atoms with van der Waals surface area (Å²) in [5, 5.41) is 18.2. The third-order valence-electron chi connectivity index (χ3n) is 3.81. The van der Waals surface area contributed by atoms with Gasteiger partial charge in [0.15, 0.2) is 0 Å². The van der Waals surface area contributed by atoms with E-state index in [1.54, 1.807) is 6.20 Å². The first-order valence-electron chi connectivity index (χ1n) is 6.77. The van der Waals surface area contributed by atoms with Crippen LogP contribution in [-0.2, 0) is 13.5 Å². The van der Waals surface area contributed by atoms with Gasteiger partial charge in [0.2, 0.25) is 0 Å². The fraction of sp³-hybridized carbons (Fsp3) is 0.357. The van der Waals surface area contributed by atoms with E-state index in [9.17, 15) is 14.5 Å². The van der Waals surface area contributed by atoms with Gasteiger partial charge in [0.25, 0.3) is 5.69 Å². The summed E-state index contributed by atoms with van der Waals surface area (Å²) in [5.41, 5.74) is 2.41. The molecule has 1 heterocycles. The summed E-state index contributed by atoms with van der Waals surface area (Å²) in [6.45, 7) is 0. The highest BCUT2D eigenvalue weighted by atomic mass is 19.1. The van der Waals surface area contributed by atoms with Gasteiger partial charge < -0.3 is 5.32 Å². The summed E-state index contributed by atoms with van der Waals surface area (Å²) in [6.07, 6.45) is 4.66. The molecule has 21 heavy (non-hydrogen) atoms. The molecule has 1 aliphatic carbocycles. The Bertz CT molecular complexity index is 698. The molecule has 0 saturated carbocycles. The highest BCUT2D eigenvalue weighted by molar-refractivity contribution is 5.53. The van der Waals surface area contributed by atoms with Crippen molar-refractivity contribution >= 4 is 11.4 Å². The van der Waals surface area contributed by atoms with Crippen molar-refractivity contribution in [2.24, 2.45) is 7.05 Å². The van der Waals surface area contributed by atoms with Gasteiger partial charge in [0.1, 0.15) is 5.82 Å². The van der Waals surface area contributed by atoms with E-state index in [0.29, 0.717) is 5.69 Å². The third kappa shape index (κ3) is 2.58. The lowest BCUT2D eigenvalue weighted by Crippen LogP contribution is -2.17. The number of fused-ring (bicyclic) bond motifs is 1. The number of non-ortho nitro benzene ring substituents is 1. The number of aryl methyl sites for hydroxylation is 1. The molecule has 0 radical (unpaired) electrons. The van der Waals surface area contributed by atoms with Gasteiger partial charge >= 0.3 is 0 Å². The topological polar surface area (TPSA) is 73.0 Å². The Labute approximate surface area is 120 Å². The zero-order valence-corrected chi connectivity index (χ0v) is 11.5. The average molecular weight is 290 g/mol. The molecule has 2 aromatic rings. The maximum absolute atomic E-state index is 13.5. The SMILES string of the molecule is Cn1ncc2c1CCCC2Nc1cc(F)cc([N+](=O)[O-])c1. The molecular formula is C14H15FN4O2. The Kier molecular flexibility index (Phi) is 3.32. The molecule has 1 atom stereocenters. The number of nitrogens with one attached hydrogen (secondary N) is 1. The lowest BCUT2D eigenvalue weighted by molar-refractivity contribution is -0.385. The molecule has 0 bridgehead atoms. The standard InChI is InChI=1S/C14H15FN4O2/c1-18-14-4-2-3-13(12(14)8-16-18)17-10-5-9(15)6-11(7-10)19(20)21/h5-8,13,17H,2-4H2,1H3. The highest BCUT2D eigenvalue weighted by Gasteiger charge is 2.24. The second-order valence-electron chi connectivity index (χ2n) is 5.21. The minimum atomic E-state index is -0.617. The number of anilines is 1. The number of hydrogen-bond donors (Lipinski definition) is 1. The van der Waals surface area contributed by atoms with Crippen LogP contribution >= 0.6 is 0 Å². The number of halogens is 1. The van der Waals surface area contributed by atoms with Crippen LogP contribution in [0.4, 0.5) is 15.8 Å². The van der Waals surface area contributed by atoms with Gasteiger partial charge in [-0.3, -0.25) is 14.8 Å². The Morgan fingerprint density at radius 2 is 2.29 bits per heavy atom. The largest absolute Gasteiger partial charge is 0.378 e. The first-order chi connectivity index (χ1) is 10.0. The van der Waals surface area contributed by atoms with Gasteiger partial charge in [0.05, 0.1) is 23.2 Å². The van der Waals surface area contributed by atoms with E-state index < -0.39 is 10.7 Å². The van der Waals surface area contributed by atoms with Crippen LogP contribution in [0.1, 0.15) is 30.1 Å². The first-order valence-corrected chi connectivity index (χ1v) is 6.77. The van der Waals surface area contributed by atoms with Crippen molar-refractivity contribution < 1.29 is 9.31 Å². The second kappa shape index (κ2) is 5.16. The molecule has 0 spiro atoms. The Balaban J connectivity index is 1.89. The van der Waals surface area contributed by atoms with Crippen molar-refractivity contribution in [3.8, 4) is 0 Å². The molecule has 0 amide bonds. The van der Waals surface area contributed by atoms with Crippen molar-refractivity contribution in [1.82, 2.24) is 9.78 Å². The van der Waals surface area contributed by atoms with Gasteiger partial charge in [-0.25, -0.2) is 4.39 Å². The van der Waals surface area contributed by atoms with Crippen molar-refractivity contribution in [1.29, 1.82) is 0 Å². The number of hydrogen-bond acceptors (Lipinski definition) is 4. The van der Waals surface area contributed by atoms with E-state index in [2.05, 4.69) is 10.4 Å². The molecule has 110 valence electrons. The fourth-order valence-corrected chi connectivity index (χ4v) is 2.82. The third-order valence-corrected chi connectivity index (χ3v) is 3.81. The van der Waals surface area contributed by atoms with E-state index >= 15 is 0 Å². The van der Waals surface area contributed by atoms with Crippen molar-refractivity contribution in [2.75, 3.05) is 5.32 Å². The summed E-state index contributed by atoms with van der Waals surface area (Å²) in [5.74, 6) is -0.617. The molecule has 0 aliphatic heterocycles. The molecule has 1 aliphatic rings. The molecule has 3 rings (SSSR count). The number of nitrogens with zero attached hydrogens (tertiary/aromatic N) is 3. The molecule has 1 unspecified atom stereocenters. The fourth-order valence-electron chi connectivity index (χ4n) is 2.82. The lowest BCUT2D eigenvalue weighted by atomic mass is 9.93. The van der Waals surface area contributed by atoms with Crippen LogP contribution in [0.15, 0.2) is 24.4 Å².